The third-order valence-electron chi connectivity index (χ3n) is 11.8. The summed E-state index contributed by atoms with van der Waals surface area (Å²) in [5, 5.41) is 0. The number of hydrogen-bond acceptors (Lipinski definition) is 0. The molecule has 0 aliphatic rings. The maximum Gasteiger partial charge on any atom is 0.0420 e. The zero-order valence-corrected chi connectivity index (χ0v) is 50.5. The quantitative estimate of drug-likeness (QED) is 0.136. The number of hydrogen-bond donors (Lipinski definition) is 0. The van der Waals surface area contributed by atoms with Crippen LogP contribution in [0.2, 0.25) is 194 Å². The van der Waals surface area contributed by atoms with E-state index in [1.165, 1.54) is 8.13 Å². The standard InChI is InChI=1S/C35H93Si12/c1-30(2)46(32(38(6,7)8)39(9,10)11,33(40(12,13)14)41(15,16)17)36-37(5)47(31(3)4,34(42(18,19)20)43(21,22)23)35(44(24,25)26)45(27,28)29/h30-35H,1-29H3/q-1. The minimum Gasteiger partial charge on any atom is -0.460 e. The molecular formula is C35H93Si12-. The van der Waals surface area contributed by atoms with Crippen LogP contribution in [-0.2, 0) is 0 Å². The summed E-state index contributed by atoms with van der Waals surface area (Å²) in [6, 6.07) is 0. The molecule has 0 atom stereocenters. The second-order valence-electron chi connectivity index (χ2n) is 25.6. The molecule has 47 heavy (non-hydrogen) atoms. The predicted octanol–water partition coefficient (Wildman–Crippen LogP) is 14.1. The van der Waals surface area contributed by atoms with Gasteiger partial charge in [-0.1, -0.05) is 222 Å². The van der Waals surface area contributed by atoms with Crippen LogP contribution >= 0.6 is 0 Å². The summed E-state index contributed by atoms with van der Waals surface area (Å²) in [5.74, 6) is 0. The molecule has 282 valence electrons. The monoisotopic (exact) mass is 849 g/mol. The Morgan fingerprint density at radius 1 is 0.319 bits per heavy atom. The second kappa shape index (κ2) is 15.4. The van der Waals surface area contributed by atoms with Crippen LogP contribution in [0.5, 0.6) is 0 Å². The van der Waals surface area contributed by atoms with Crippen LogP contribution in [-0.4, -0.2) is 95.3 Å². The van der Waals surface area contributed by atoms with Crippen molar-refractivity contribution in [2.24, 2.45) is 0 Å². The molecule has 0 N–H and O–H groups in total. The predicted molar refractivity (Wildman–Crippen MR) is 261 cm³/mol. The highest BCUT2D eigenvalue weighted by atomic mass is 29.6. The van der Waals surface area contributed by atoms with Crippen LogP contribution < -0.4 is 0 Å². The SMILES string of the molecule is CC(C)[Si]([Si-]=[Si](C)[Si](C(C)C)(C([Si](C)(C)C)[Si](C)(C)C)C([Si](C)(C)C)[Si](C)(C)C)(C([Si](C)(C)C)[Si](C)(C)C)C([Si](C)(C)C)[Si](C)(C)C. The zero-order valence-electron chi connectivity index (χ0n) is 38.5. The first kappa shape index (κ1) is 49.6. The first-order valence-corrected chi connectivity index (χ1v) is 58.7. The molecule has 0 aromatic carbocycles. The Hall–Kier alpha value is 2.60. The molecule has 0 bridgehead atoms. The van der Waals surface area contributed by atoms with E-state index in [9.17, 15) is 0 Å². The molecule has 0 aliphatic heterocycles. The van der Waals surface area contributed by atoms with Crippen molar-refractivity contribution in [2.75, 3.05) is 0 Å². The van der Waals surface area contributed by atoms with Gasteiger partial charge in [-0.15, -0.1) is 7.59 Å². The van der Waals surface area contributed by atoms with Gasteiger partial charge in [0.1, 0.15) is 0 Å². The first-order valence-electron chi connectivity index (χ1n) is 19.6. The molecule has 0 rings (SSSR count). The van der Waals surface area contributed by atoms with E-state index in [1.54, 1.807) is 0 Å². The van der Waals surface area contributed by atoms with Gasteiger partial charge in [-0.2, -0.15) is 0 Å². The van der Waals surface area contributed by atoms with Gasteiger partial charge in [0.05, 0.1) is 0 Å². The van der Waals surface area contributed by atoms with Crippen LogP contribution in [0.25, 0.3) is 0 Å². The lowest BCUT2D eigenvalue weighted by Crippen LogP contribution is -2.77. The number of rotatable bonds is 16. The van der Waals surface area contributed by atoms with Gasteiger partial charge in [0.15, 0.2) is 0 Å². The molecule has 0 fully saturated rings. The van der Waals surface area contributed by atoms with Crippen LogP contribution in [0.1, 0.15) is 27.7 Å². The van der Waals surface area contributed by atoms with Crippen LogP contribution in [0.15, 0.2) is 0 Å². The molecule has 0 aliphatic carbocycles. The van der Waals surface area contributed by atoms with Crippen molar-refractivity contribution in [3.05, 3.63) is 0 Å². The van der Waals surface area contributed by atoms with Gasteiger partial charge in [-0.25, -0.2) is 7.41 Å². The van der Waals surface area contributed by atoms with E-state index in [1.807, 2.05) is 0 Å². The largest absolute Gasteiger partial charge is 0.460 e. The minimum absolute atomic E-state index is 0.586. The average molecular weight is 851 g/mol. The molecule has 0 aromatic heterocycles. The average Bonchev–Trinajstić information content (AvgIpc) is 2.63. The van der Waals surface area contributed by atoms with Gasteiger partial charge in [-0.3, -0.25) is 0 Å². The summed E-state index contributed by atoms with van der Waals surface area (Å²) in [6.07, 6.45) is 0. The zero-order chi connectivity index (χ0) is 38.7. The maximum atomic E-state index is 3.12. The lowest BCUT2D eigenvalue weighted by Gasteiger charge is -2.70. The molecule has 0 nitrogen and oxygen atoms in total. The minimum atomic E-state index is -1.80. The Morgan fingerprint density at radius 2 is 0.511 bits per heavy atom. The highest BCUT2D eigenvalue weighted by molar-refractivity contribution is 7.60. The molecular weight excluding hydrogens is 757 g/mol. The Morgan fingerprint density at radius 3 is 0.638 bits per heavy atom. The summed E-state index contributed by atoms with van der Waals surface area (Å²) in [6.45, 7) is 83.4. The summed E-state index contributed by atoms with van der Waals surface area (Å²) in [7, 11) is -14.5. The molecule has 0 heterocycles. The van der Waals surface area contributed by atoms with Crippen LogP contribution in [0.4, 0.5) is 0 Å². The third-order valence-corrected chi connectivity index (χ3v) is 123. The lowest BCUT2D eigenvalue weighted by molar-refractivity contribution is 0.987. The van der Waals surface area contributed by atoms with Crippen molar-refractivity contribution in [3.8, 4) is 0 Å². The van der Waals surface area contributed by atoms with Crippen molar-refractivity contribution in [3.63, 3.8) is 0 Å². The van der Waals surface area contributed by atoms with Gasteiger partial charge in [0.2, 0.25) is 0 Å². The van der Waals surface area contributed by atoms with Crippen molar-refractivity contribution < 1.29 is 0 Å². The Labute approximate surface area is 314 Å². The van der Waals surface area contributed by atoms with E-state index in [-0.39, 0.29) is 0 Å². The highest BCUT2D eigenvalue weighted by Gasteiger charge is 2.63. The van der Waals surface area contributed by atoms with Gasteiger partial charge in [-0.05, 0) is 0 Å². The summed E-state index contributed by atoms with van der Waals surface area (Å²) >= 11 is 0. The fourth-order valence-corrected chi connectivity index (χ4v) is 215. The van der Waals surface area contributed by atoms with Gasteiger partial charge in [0, 0.05) is 72.2 Å². The Kier molecular flexibility index (Phi) is 16.2. The van der Waals surface area contributed by atoms with Crippen molar-refractivity contribution >= 4 is 95.3 Å². The van der Waals surface area contributed by atoms with Crippen LogP contribution in [0, 0.1) is 0 Å². The summed E-state index contributed by atoms with van der Waals surface area (Å²) in [5.41, 5.74) is 1.84. The fourth-order valence-electron chi connectivity index (χ4n) is 14.2. The molecule has 0 saturated carbocycles. The van der Waals surface area contributed by atoms with E-state index in [0.29, 0.717) is 0 Å². The van der Waals surface area contributed by atoms with Crippen molar-refractivity contribution in [1.29, 1.82) is 0 Å². The van der Waals surface area contributed by atoms with Crippen LogP contribution in [0.3, 0.4) is 0 Å². The maximum absolute atomic E-state index is 3.12. The van der Waals surface area contributed by atoms with Gasteiger partial charge < -0.3 is 8.13 Å². The summed E-state index contributed by atoms with van der Waals surface area (Å²) in [4.78, 5) is 4.51. The molecule has 0 aromatic rings. The summed E-state index contributed by atoms with van der Waals surface area (Å²) < 4.78 is 0. The smallest absolute Gasteiger partial charge is 0.0420 e. The Bertz CT molecular complexity index is 934. The molecule has 0 spiro atoms. The normalized spacial score (nSPS) is 16.6. The first-order chi connectivity index (χ1) is 20.0. The van der Waals surface area contributed by atoms with E-state index in [2.05, 4.69) is 191 Å². The molecule has 0 saturated heterocycles. The third kappa shape index (κ3) is 11.1. The van der Waals surface area contributed by atoms with E-state index < -0.39 is 87.2 Å². The molecule has 0 radical (unpaired) electrons. The highest BCUT2D eigenvalue weighted by Crippen LogP contribution is 2.59. The lowest BCUT2D eigenvalue weighted by atomic mass is 10.6. The second-order valence-corrected chi connectivity index (χ2v) is 99.0. The van der Waals surface area contributed by atoms with E-state index in [0.717, 1.165) is 30.2 Å². The topological polar surface area (TPSA) is 0 Å². The van der Waals surface area contributed by atoms with Crippen molar-refractivity contribution in [2.45, 2.75) is 222 Å². The molecule has 0 unspecified atom stereocenters. The Balaban J connectivity index is 9.65. The van der Waals surface area contributed by atoms with E-state index >= 15 is 0 Å². The van der Waals surface area contributed by atoms with Gasteiger partial charge in [0.25, 0.3) is 0 Å². The van der Waals surface area contributed by atoms with E-state index in [4.69, 9.17) is 0 Å². The fraction of sp³-hybridized carbons (Fsp3) is 1.00. The molecule has 12 heteroatoms. The van der Waals surface area contributed by atoms with Crippen molar-refractivity contribution in [1.82, 2.24) is 0 Å². The molecule has 0 amide bonds. The van der Waals surface area contributed by atoms with Gasteiger partial charge >= 0.3 is 0 Å².